The minimum absolute atomic E-state index is 0.118. The second kappa shape index (κ2) is 9.77. The van der Waals surface area contributed by atoms with Crippen LogP contribution in [-0.4, -0.2) is 16.0 Å². The van der Waals surface area contributed by atoms with Crippen LogP contribution in [0.1, 0.15) is 16.7 Å². The van der Waals surface area contributed by atoms with E-state index in [4.69, 9.17) is 27.9 Å². The molecule has 0 unspecified atom stereocenters. The van der Waals surface area contributed by atoms with Crippen LogP contribution >= 0.6 is 35.0 Å². The van der Waals surface area contributed by atoms with E-state index in [1.165, 1.54) is 6.07 Å². The van der Waals surface area contributed by atoms with Crippen LogP contribution in [0.2, 0.25) is 10.0 Å². The van der Waals surface area contributed by atoms with Crippen LogP contribution in [0.4, 0.5) is 9.18 Å². The molecular weight excluding hydrogens is 472 g/mol. The summed E-state index contributed by atoms with van der Waals surface area (Å²) in [6.45, 7) is 0.206. The second-order valence-electron chi connectivity index (χ2n) is 6.96. The molecule has 162 valence electrons. The first kappa shape index (κ1) is 22.4. The fraction of sp³-hybridized carbons (Fsp3) is 0.0833. The van der Waals surface area contributed by atoms with E-state index in [1.54, 1.807) is 54.6 Å². The smallest absolute Gasteiger partial charge is 0.293 e. The van der Waals surface area contributed by atoms with Crippen LogP contribution in [0.5, 0.6) is 5.75 Å². The highest BCUT2D eigenvalue weighted by atomic mass is 35.5. The molecule has 2 amide bonds. The zero-order chi connectivity index (χ0) is 22.7. The van der Waals surface area contributed by atoms with Crippen molar-refractivity contribution in [3.8, 4) is 5.75 Å². The van der Waals surface area contributed by atoms with Crippen LogP contribution in [0, 0.1) is 5.82 Å². The van der Waals surface area contributed by atoms with Gasteiger partial charge in [0.2, 0.25) is 0 Å². The molecule has 1 aliphatic rings. The summed E-state index contributed by atoms with van der Waals surface area (Å²) in [5.41, 5.74) is 1.87. The van der Waals surface area contributed by atoms with Crippen LogP contribution in [0.15, 0.2) is 71.6 Å². The first-order valence-corrected chi connectivity index (χ1v) is 11.1. The van der Waals surface area contributed by atoms with Crippen LogP contribution in [-0.2, 0) is 17.9 Å². The van der Waals surface area contributed by atoms with E-state index in [2.05, 4.69) is 0 Å². The molecule has 8 heteroatoms. The fourth-order valence-electron chi connectivity index (χ4n) is 3.05. The number of amides is 2. The number of ether oxygens (including phenoxy) is 1. The van der Waals surface area contributed by atoms with Crippen molar-refractivity contribution in [3.05, 3.63) is 104 Å². The number of rotatable bonds is 6. The van der Waals surface area contributed by atoms with Gasteiger partial charge in [0.15, 0.2) is 0 Å². The SMILES string of the molecule is O=C1S/C(=C\c2ccc(OCc3ccc(Cl)cc3)c(Cl)c2)C(=O)N1Cc1ccccc1F. The van der Waals surface area contributed by atoms with E-state index >= 15 is 0 Å². The van der Waals surface area contributed by atoms with Gasteiger partial charge in [-0.3, -0.25) is 14.5 Å². The van der Waals surface area contributed by atoms with E-state index in [9.17, 15) is 14.0 Å². The Bertz CT molecular complexity index is 1210. The minimum Gasteiger partial charge on any atom is -0.487 e. The Kier molecular flexibility index (Phi) is 6.84. The summed E-state index contributed by atoms with van der Waals surface area (Å²) in [5, 5.41) is 0.575. The monoisotopic (exact) mass is 487 g/mol. The third-order valence-corrected chi connectivity index (χ3v) is 6.18. The number of imide groups is 1. The first-order valence-electron chi connectivity index (χ1n) is 9.56. The summed E-state index contributed by atoms with van der Waals surface area (Å²) in [5.74, 6) is -0.439. The van der Waals surface area contributed by atoms with Gasteiger partial charge in [-0.25, -0.2) is 4.39 Å². The molecule has 0 radical (unpaired) electrons. The molecule has 0 saturated carbocycles. The average molecular weight is 488 g/mol. The molecule has 3 aromatic rings. The number of carbonyl (C=O) groups excluding carboxylic acids is 2. The van der Waals surface area contributed by atoms with E-state index in [0.717, 1.165) is 22.2 Å². The molecule has 1 heterocycles. The van der Waals surface area contributed by atoms with Crippen molar-refractivity contribution < 1.29 is 18.7 Å². The standard InChI is InChI=1S/C24H16Cl2FNO3S/c25-18-8-5-15(6-9-18)14-31-21-10-7-16(11-19(21)26)12-22-23(29)28(24(30)32-22)13-17-3-1-2-4-20(17)27/h1-12H,13-14H2/b22-12-. The Morgan fingerprint density at radius 1 is 1.00 bits per heavy atom. The lowest BCUT2D eigenvalue weighted by atomic mass is 10.2. The van der Waals surface area contributed by atoms with Crippen LogP contribution < -0.4 is 4.74 Å². The van der Waals surface area contributed by atoms with Gasteiger partial charge in [-0.15, -0.1) is 0 Å². The molecule has 0 aromatic heterocycles. The van der Waals surface area contributed by atoms with Crippen LogP contribution in [0.25, 0.3) is 6.08 Å². The quantitative estimate of drug-likeness (QED) is 0.353. The fourth-order valence-corrected chi connectivity index (χ4v) is 4.26. The Balaban J connectivity index is 1.45. The highest BCUT2D eigenvalue weighted by Gasteiger charge is 2.35. The van der Waals surface area contributed by atoms with E-state index in [0.29, 0.717) is 28.0 Å². The molecule has 4 rings (SSSR count). The molecule has 32 heavy (non-hydrogen) atoms. The summed E-state index contributed by atoms with van der Waals surface area (Å²) in [6.07, 6.45) is 1.58. The number of benzene rings is 3. The molecule has 1 fully saturated rings. The average Bonchev–Trinajstić information content (AvgIpc) is 3.03. The lowest BCUT2D eigenvalue weighted by molar-refractivity contribution is -0.123. The minimum atomic E-state index is -0.470. The zero-order valence-electron chi connectivity index (χ0n) is 16.6. The summed E-state index contributed by atoms with van der Waals surface area (Å²) in [6, 6.07) is 18.4. The van der Waals surface area contributed by atoms with E-state index in [1.807, 2.05) is 12.1 Å². The number of carbonyl (C=O) groups is 2. The third kappa shape index (κ3) is 5.15. The van der Waals surface area contributed by atoms with Gasteiger partial charge in [0.25, 0.3) is 11.1 Å². The molecule has 0 bridgehead atoms. The molecule has 3 aromatic carbocycles. The number of hydrogen-bond donors (Lipinski definition) is 0. The Labute approximate surface area is 198 Å². The number of hydrogen-bond acceptors (Lipinski definition) is 4. The Morgan fingerprint density at radius 3 is 2.47 bits per heavy atom. The number of thioether (sulfide) groups is 1. The summed E-state index contributed by atoms with van der Waals surface area (Å²) in [7, 11) is 0. The molecule has 0 atom stereocenters. The molecule has 0 aliphatic carbocycles. The molecular formula is C24H16Cl2FNO3S. The largest absolute Gasteiger partial charge is 0.487 e. The second-order valence-corrected chi connectivity index (χ2v) is 8.80. The van der Waals surface area contributed by atoms with Gasteiger partial charge >= 0.3 is 0 Å². The highest BCUT2D eigenvalue weighted by Crippen LogP contribution is 2.35. The Hall–Kier alpha value is -2.80. The molecule has 1 saturated heterocycles. The van der Waals surface area contributed by atoms with Crippen molar-refractivity contribution in [2.75, 3.05) is 0 Å². The van der Waals surface area contributed by atoms with Crippen molar-refractivity contribution in [1.82, 2.24) is 4.90 Å². The molecule has 4 nitrogen and oxygen atoms in total. The van der Waals surface area contributed by atoms with Crippen LogP contribution in [0.3, 0.4) is 0 Å². The molecule has 0 N–H and O–H groups in total. The zero-order valence-corrected chi connectivity index (χ0v) is 18.9. The predicted octanol–water partition coefficient (Wildman–Crippen LogP) is 6.95. The lowest BCUT2D eigenvalue weighted by Crippen LogP contribution is -2.27. The van der Waals surface area contributed by atoms with Crippen molar-refractivity contribution >= 4 is 52.2 Å². The maximum Gasteiger partial charge on any atom is 0.293 e. The lowest BCUT2D eigenvalue weighted by Gasteiger charge is -2.12. The van der Waals surface area contributed by atoms with Crippen molar-refractivity contribution in [2.24, 2.45) is 0 Å². The van der Waals surface area contributed by atoms with E-state index < -0.39 is 17.0 Å². The maximum absolute atomic E-state index is 13.9. The summed E-state index contributed by atoms with van der Waals surface area (Å²) >= 11 is 13.0. The van der Waals surface area contributed by atoms with Gasteiger partial charge in [0, 0.05) is 10.6 Å². The summed E-state index contributed by atoms with van der Waals surface area (Å²) < 4.78 is 19.7. The highest BCUT2D eigenvalue weighted by molar-refractivity contribution is 8.18. The van der Waals surface area contributed by atoms with Crippen molar-refractivity contribution in [2.45, 2.75) is 13.2 Å². The van der Waals surface area contributed by atoms with Gasteiger partial charge in [-0.05, 0) is 59.3 Å². The van der Waals surface area contributed by atoms with Crippen molar-refractivity contribution in [1.29, 1.82) is 0 Å². The van der Waals surface area contributed by atoms with Crippen molar-refractivity contribution in [3.63, 3.8) is 0 Å². The molecule has 1 aliphatic heterocycles. The first-order chi connectivity index (χ1) is 15.4. The Morgan fingerprint density at radius 2 is 1.75 bits per heavy atom. The predicted molar refractivity (Wildman–Crippen MR) is 125 cm³/mol. The van der Waals surface area contributed by atoms with Gasteiger partial charge in [-0.1, -0.05) is 59.6 Å². The number of halogens is 3. The van der Waals surface area contributed by atoms with Gasteiger partial charge in [-0.2, -0.15) is 0 Å². The van der Waals surface area contributed by atoms with Gasteiger partial charge in [0.05, 0.1) is 16.5 Å². The summed E-state index contributed by atoms with van der Waals surface area (Å²) in [4.78, 5) is 26.3. The topological polar surface area (TPSA) is 46.6 Å². The maximum atomic E-state index is 13.9. The normalized spacial score (nSPS) is 15.0. The van der Waals surface area contributed by atoms with Gasteiger partial charge in [0.1, 0.15) is 18.2 Å². The van der Waals surface area contributed by atoms with Gasteiger partial charge < -0.3 is 4.74 Å². The number of nitrogens with zero attached hydrogens (tertiary/aromatic N) is 1. The third-order valence-electron chi connectivity index (χ3n) is 4.72. The van der Waals surface area contributed by atoms with E-state index in [-0.39, 0.29) is 17.0 Å². The molecule has 0 spiro atoms.